The van der Waals surface area contributed by atoms with Gasteiger partial charge in [-0.3, -0.25) is 9.88 Å². The highest BCUT2D eigenvalue weighted by atomic mass is 32.1. The Bertz CT molecular complexity index is 937. The number of carboxylic acids is 2. The van der Waals surface area contributed by atoms with Gasteiger partial charge in [0.15, 0.2) is 0 Å². The van der Waals surface area contributed by atoms with Gasteiger partial charge in [0.05, 0.1) is 12.7 Å². The maximum atomic E-state index is 10.6. The predicted molar refractivity (Wildman–Crippen MR) is 111 cm³/mol. The van der Waals surface area contributed by atoms with Gasteiger partial charge in [0, 0.05) is 37.0 Å². The molecule has 2 N–H and O–H groups in total. The molecule has 3 atom stereocenters. The van der Waals surface area contributed by atoms with Crippen LogP contribution >= 0.6 is 11.3 Å². The van der Waals surface area contributed by atoms with Gasteiger partial charge in [-0.1, -0.05) is 0 Å². The number of likely N-dealkylation sites (tertiary alicyclic amines) is 1. The minimum atomic E-state index is -5.08. The third-order valence-electron chi connectivity index (χ3n) is 4.81. The number of aromatic nitrogens is 2. The number of fused-ring (bicyclic) bond motifs is 1. The highest BCUT2D eigenvalue weighted by Gasteiger charge is 2.45. The van der Waals surface area contributed by atoms with E-state index in [4.69, 9.17) is 29.3 Å². The van der Waals surface area contributed by atoms with Crippen LogP contribution in [0.3, 0.4) is 0 Å². The molecule has 200 valence electrons. The van der Waals surface area contributed by atoms with Crippen LogP contribution in [0.25, 0.3) is 0 Å². The summed E-state index contributed by atoms with van der Waals surface area (Å²) < 4.78 is 75.7. The van der Waals surface area contributed by atoms with Gasteiger partial charge < -0.3 is 19.7 Å². The van der Waals surface area contributed by atoms with Crippen LogP contribution in [0.4, 0.5) is 26.3 Å². The van der Waals surface area contributed by atoms with Crippen LogP contribution < -0.4 is 4.74 Å². The van der Waals surface area contributed by atoms with Crippen molar-refractivity contribution in [1.29, 1.82) is 0 Å². The molecular formula is C20H21F6N3O6S. The second kappa shape index (κ2) is 12.8. The van der Waals surface area contributed by atoms with E-state index in [1.54, 1.807) is 23.7 Å². The molecule has 16 heteroatoms. The molecule has 9 nitrogen and oxygen atoms in total. The molecule has 2 saturated heterocycles. The molecule has 36 heavy (non-hydrogen) atoms. The van der Waals surface area contributed by atoms with E-state index in [0.717, 1.165) is 36.9 Å². The summed E-state index contributed by atoms with van der Waals surface area (Å²) in [5.74, 6) is -4.70. The number of halogens is 6. The van der Waals surface area contributed by atoms with E-state index in [1.807, 2.05) is 23.7 Å². The summed E-state index contributed by atoms with van der Waals surface area (Å²) in [5.41, 5.74) is 0. The number of nitrogens with zero attached hydrogens (tertiary/aromatic N) is 3. The molecule has 2 fully saturated rings. The lowest BCUT2D eigenvalue weighted by Crippen LogP contribution is -2.42. The maximum Gasteiger partial charge on any atom is 0.490 e. The average molecular weight is 545 g/mol. The maximum absolute atomic E-state index is 10.6. The van der Waals surface area contributed by atoms with Crippen LogP contribution in [0.15, 0.2) is 36.1 Å². The van der Waals surface area contributed by atoms with Gasteiger partial charge in [0.25, 0.3) is 0 Å². The van der Waals surface area contributed by atoms with Crippen molar-refractivity contribution in [3.05, 3.63) is 41.1 Å². The lowest BCUT2D eigenvalue weighted by atomic mass is 10.0. The van der Waals surface area contributed by atoms with Gasteiger partial charge in [0.2, 0.25) is 0 Å². The number of carbonyl (C=O) groups is 2. The molecule has 0 radical (unpaired) electrons. The van der Waals surface area contributed by atoms with E-state index in [0.29, 0.717) is 6.04 Å². The fourth-order valence-corrected chi connectivity index (χ4v) is 4.03. The highest BCUT2D eigenvalue weighted by Crippen LogP contribution is 2.32. The zero-order valence-corrected chi connectivity index (χ0v) is 19.1. The summed E-state index contributed by atoms with van der Waals surface area (Å²) in [7, 11) is 0. The summed E-state index contributed by atoms with van der Waals surface area (Å²) >= 11 is 1.71. The van der Waals surface area contributed by atoms with E-state index in [9.17, 15) is 26.3 Å². The van der Waals surface area contributed by atoms with E-state index in [1.165, 1.54) is 6.42 Å². The summed E-state index contributed by atoms with van der Waals surface area (Å²) in [6, 6.07) is 4.28. The van der Waals surface area contributed by atoms with Crippen molar-refractivity contribution in [3.8, 4) is 5.75 Å². The molecule has 0 bridgehead atoms. The normalized spacial score (nSPS) is 21.8. The van der Waals surface area contributed by atoms with Crippen molar-refractivity contribution in [2.45, 2.75) is 50.0 Å². The molecule has 4 heterocycles. The molecule has 2 aromatic rings. The Labute approximate surface area is 204 Å². The Morgan fingerprint density at radius 1 is 1.14 bits per heavy atom. The molecule has 2 aliphatic rings. The molecule has 4 rings (SSSR count). The Kier molecular flexibility index (Phi) is 10.4. The molecule has 0 spiro atoms. The van der Waals surface area contributed by atoms with Crippen molar-refractivity contribution >= 4 is 23.3 Å². The fourth-order valence-electron chi connectivity index (χ4n) is 3.39. The van der Waals surface area contributed by atoms with Crippen LogP contribution in [0.2, 0.25) is 0 Å². The first-order valence-electron chi connectivity index (χ1n) is 10.2. The van der Waals surface area contributed by atoms with Crippen LogP contribution in [-0.2, 0) is 20.9 Å². The standard InChI is InChI=1S/C16H19N3O2S.2C2HF3O2/c1-3-12(9-17-5-1)21-14-10-19(11-15-18-6-8-22-15)13-4-2-7-20-16(13)14;2*3-2(4,5)1(6)7/h1,3,5-6,8-9,13-14,16H,2,4,7,10-11H2;2*(H,6,7)/t13-,14-,16+;;/m1../s1. The first-order valence-corrected chi connectivity index (χ1v) is 11.1. The number of alkyl halides is 6. The fraction of sp³-hybridized carbons (Fsp3) is 0.500. The zero-order chi connectivity index (χ0) is 26.9. The number of thiazole rings is 1. The Morgan fingerprint density at radius 2 is 1.78 bits per heavy atom. The predicted octanol–water partition coefficient (Wildman–Crippen LogP) is 3.62. The first kappa shape index (κ1) is 29.3. The number of carboxylic acid groups (broad SMARTS) is 2. The largest absolute Gasteiger partial charge is 0.490 e. The van der Waals surface area contributed by atoms with Gasteiger partial charge >= 0.3 is 24.3 Å². The van der Waals surface area contributed by atoms with E-state index in [2.05, 4.69) is 14.9 Å². The van der Waals surface area contributed by atoms with Crippen molar-refractivity contribution in [2.24, 2.45) is 0 Å². The monoisotopic (exact) mass is 545 g/mol. The Balaban J connectivity index is 0.000000271. The smallest absolute Gasteiger partial charge is 0.485 e. The van der Waals surface area contributed by atoms with Gasteiger partial charge in [0.1, 0.15) is 23.0 Å². The van der Waals surface area contributed by atoms with Crippen molar-refractivity contribution in [3.63, 3.8) is 0 Å². The lowest BCUT2D eigenvalue weighted by Gasteiger charge is -2.31. The first-order chi connectivity index (χ1) is 16.8. The van der Waals surface area contributed by atoms with Crippen LogP contribution in [-0.4, -0.2) is 80.8 Å². The molecule has 0 saturated carbocycles. The second-order valence-corrected chi connectivity index (χ2v) is 8.33. The summed E-state index contributed by atoms with van der Waals surface area (Å²) in [5, 5.41) is 17.4. The molecule has 0 unspecified atom stereocenters. The summed E-state index contributed by atoms with van der Waals surface area (Å²) in [6.45, 7) is 2.60. The molecule has 2 aromatic heterocycles. The minimum absolute atomic E-state index is 0.0643. The van der Waals surface area contributed by atoms with E-state index >= 15 is 0 Å². The highest BCUT2D eigenvalue weighted by molar-refractivity contribution is 7.09. The van der Waals surface area contributed by atoms with Gasteiger partial charge in [-0.05, 0) is 25.0 Å². The lowest BCUT2D eigenvalue weighted by molar-refractivity contribution is -0.193. The van der Waals surface area contributed by atoms with Gasteiger partial charge in [-0.2, -0.15) is 26.3 Å². The third-order valence-corrected chi connectivity index (χ3v) is 5.58. The second-order valence-electron chi connectivity index (χ2n) is 7.35. The number of pyridine rings is 1. The number of rotatable bonds is 4. The molecular weight excluding hydrogens is 524 g/mol. The quantitative estimate of drug-likeness (QED) is 0.555. The Hall–Kier alpha value is -2.98. The van der Waals surface area contributed by atoms with Crippen LogP contribution in [0, 0.1) is 0 Å². The molecule has 0 aliphatic carbocycles. The molecule has 0 aromatic carbocycles. The topological polar surface area (TPSA) is 122 Å². The third kappa shape index (κ3) is 9.23. The number of aliphatic carboxylic acids is 2. The number of hydrogen-bond acceptors (Lipinski definition) is 8. The van der Waals surface area contributed by atoms with Gasteiger partial charge in [-0.25, -0.2) is 14.6 Å². The van der Waals surface area contributed by atoms with Crippen molar-refractivity contribution in [2.75, 3.05) is 13.2 Å². The zero-order valence-electron chi connectivity index (χ0n) is 18.3. The molecule has 0 amide bonds. The summed E-state index contributed by atoms with van der Waals surface area (Å²) in [6.07, 6.45) is -2.27. The summed E-state index contributed by atoms with van der Waals surface area (Å²) in [4.78, 5) is 28.8. The van der Waals surface area contributed by atoms with Gasteiger partial charge in [-0.15, -0.1) is 11.3 Å². The van der Waals surface area contributed by atoms with Crippen molar-refractivity contribution < 1.29 is 55.6 Å². The number of hydrogen-bond donors (Lipinski definition) is 2. The molecule has 2 aliphatic heterocycles. The van der Waals surface area contributed by atoms with E-state index < -0.39 is 24.3 Å². The SMILES string of the molecule is O=C(O)C(F)(F)F.O=C(O)C(F)(F)F.c1cncc(O[C@@H]2CN(Cc3nccs3)[C@@H]3CCCO[C@@H]32)c1. The Morgan fingerprint density at radius 3 is 2.28 bits per heavy atom. The van der Waals surface area contributed by atoms with E-state index in [-0.39, 0.29) is 12.2 Å². The number of ether oxygens (including phenoxy) is 2. The van der Waals surface area contributed by atoms with Crippen LogP contribution in [0.1, 0.15) is 17.8 Å². The minimum Gasteiger partial charge on any atom is -0.485 e. The van der Waals surface area contributed by atoms with Crippen LogP contribution in [0.5, 0.6) is 5.75 Å². The van der Waals surface area contributed by atoms with Crippen molar-refractivity contribution in [1.82, 2.24) is 14.9 Å². The average Bonchev–Trinajstić information content (AvgIpc) is 3.43.